The summed E-state index contributed by atoms with van der Waals surface area (Å²) in [7, 11) is 1.87. The van der Waals surface area contributed by atoms with E-state index in [0.29, 0.717) is 6.04 Å². The molecule has 0 radical (unpaired) electrons. The monoisotopic (exact) mass is 339 g/mol. The zero-order valence-electron chi connectivity index (χ0n) is 11.4. The van der Waals surface area contributed by atoms with E-state index in [1.807, 2.05) is 24.6 Å². The number of piperidine rings is 1. The van der Waals surface area contributed by atoms with Gasteiger partial charge in [-0.1, -0.05) is 16.8 Å². The molecular formula is C14H14ClN3OS2. The lowest BCUT2D eigenvalue weighted by atomic mass is 10.1. The summed E-state index contributed by atoms with van der Waals surface area (Å²) < 4.78 is 6.25. The van der Waals surface area contributed by atoms with Gasteiger partial charge in [-0.25, -0.2) is 0 Å². The molecule has 3 atom stereocenters. The molecule has 1 saturated heterocycles. The van der Waals surface area contributed by atoms with Crippen molar-refractivity contribution in [2.24, 2.45) is 5.92 Å². The van der Waals surface area contributed by atoms with Crippen LogP contribution in [0.2, 0.25) is 4.34 Å². The topological polar surface area (TPSA) is 41.3 Å². The van der Waals surface area contributed by atoms with Crippen molar-refractivity contribution in [3.63, 3.8) is 0 Å². The van der Waals surface area contributed by atoms with Crippen molar-refractivity contribution in [3.8, 4) is 11.3 Å². The zero-order valence-corrected chi connectivity index (χ0v) is 13.8. The normalized spacial score (nSPS) is 26.8. The average molecular weight is 340 g/mol. The summed E-state index contributed by atoms with van der Waals surface area (Å²) in [6, 6.07) is 4.71. The molecule has 21 heavy (non-hydrogen) atoms. The Kier molecular flexibility index (Phi) is 3.20. The zero-order chi connectivity index (χ0) is 14.6. The molecule has 0 amide bonds. The van der Waals surface area contributed by atoms with Gasteiger partial charge in [0.2, 0.25) is 0 Å². The van der Waals surface area contributed by atoms with Gasteiger partial charge in [-0.15, -0.1) is 11.3 Å². The third-order valence-electron chi connectivity index (χ3n) is 4.27. The van der Waals surface area contributed by atoms with Crippen LogP contribution in [0.4, 0.5) is 0 Å². The number of thiophene rings is 1. The summed E-state index contributed by atoms with van der Waals surface area (Å²) in [6.07, 6.45) is 2.34. The predicted molar refractivity (Wildman–Crippen MR) is 87.6 cm³/mol. The van der Waals surface area contributed by atoms with Gasteiger partial charge >= 0.3 is 0 Å². The first-order valence-corrected chi connectivity index (χ1v) is 8.55. The quantitative estimate of drug-likeness (QED) is 0.845. The van der Waals surface area contributed by atoms with Gasteiger partial charge in [-0.3, -0.25) is 0 Å². The molecule has 0 bridgehead atoms. The number of nitrogens with one attached hydrogen (secondary N) is 1. The molecule has 110 valence electrons. The summed E-state index contributed by atoms with van der Waals surface area (Å²) in [5, 5.41) is 10.1. The van der Waals surface area contributed by atoms with Crippen LogP contribution in [0.5, 0.6) is 0 Å². The molecule has 2 aromatic rings. The van der Waals surface area contributed by atoms with Crippen molar-refractivity contribution >= 4 is 40.3 Å². The highest BCUT2D eigenvalue weighted by molar-refractivity contribution is 7.80. The molecule has 1 saturated carbocycles. The Labute approximate surface area is 137 Å². The van der Waals surface area contributed by atoms with Crippen molar-refractivity contribution in [1.29, 1.82) is 0 Å². The van der Waals surface area contributed by atoms with E-state index in [0.717, 1.165) is 38.8 Å². The minimum Gasteiger partial charge on any atom is -0.366 e. The van der Waals surface area contributed by atoms with E-state index >= 15 is 0 Å². The second-order valence-electron chi connectivity index (χ2n) is 5.53. The number of hydrogen-bond acceptors (Lipinski definition) is 4. The maximum absolute atomic E-state index is 5.98. The molecule has 3 heterocycles. The first-order chi connectivity index (χ1) is 10.2. The third-order valence-corrected chi connectivity index (χ3v) is 5.78. The maximum atomic E-state index is 5.98. The SMILES string of the molecule is CNC(=S)N1[C@@H](c2cc(-c3csc(Cl)c3)on2)C[C@H]2C[C@H]21. The smallest absolute Gasteiger partial charge is 0.169 e. The highest BCUT2D eigenvalue weighted by Gasteiger charge is 2.53. The van der Waals surface area contributed by atoms with Crippen LogP contribution in [0.3, 0.4) is 0 Å². The van der Waals surface area contributed by atoms with E-state index in [4.69, 9.17) is 28.3 Å². The number of fused-ring (bicyclic) bond motifs is 1. The Bertz CT molecular complexity index is 698. The summed E-state index contributed by atoms with van der Waals surface area (Å²) in [6.45, 7) is 0. The number of thiocarbonyl (C=S) groups is 1. The summed E-state index contributed by atoms with van der Waals surface area (Å²) in [5.41, 5.74) is 1.94. The minimum atomic E-state index is 0.223. The van der Waals surface area contributed by atoms with Crippen molar-refractivity contribution in [1.82, 2.24) is 15.4 Å². The molecule has 2 fully saturated rings. The Morgan fingerprint density at radius 1 is 1.52 bits per heavy atom. The predicted octanol–water partition coefficient (Wildman–Crippen LogP) is 3.70. The standard InChI is InChI=1S/C14H14ClN3OS2/c1-16-14(20)18-10-2-7(10)3-11(18)9-5-12(19-17-9)8-4-13(15)21-6-8/h4-7,10-11H,2-3H2,1H3,(H,16,20)/t7-,10-,11-/m1/s1. The molecule has 0 aromatic carbocycles. The number of halogens is 1. The fourth-order valence-corrected chi connectivity index (χ4v) is 4.30. The second-order valence-corrected chi connectivity index (χ2v) is 7.46. The highest BCUT2D eigenvalue weighted by Crippen LogP contribution is 2.53. The van der Waals surface area contributed by atoms with Crippen LogP contribution in [-0.2, 0) is 0 Å². The van der Waals surface area contributed by atoms with Gasteiger partial charge in [0.15, 0.2) is 10.9 Å². The lowest BCUT2D eigenvalue weighted by Gasteiger charge is -2.27. The molecule has 0 unspecified atom stereocenters. The molecule has 4 nitrogen and oxygen atoms in total. The van der Waals surface area contributed by atoms with Gasteiger partial charge in [-0.2, -0.15) is 0 Å². The van der Waals surface area contributed by atoms with Gasteiger partial charge in [0.1, 0.15) is 5.69 Å². The molecule has 0 spiro atoms. The van der Waals surface area contributed by atoms with Crippen LogP contribution in [0, 0.1) is 5.92 Å². The molecule has 1 aliphatic carbocycles. The molecule has 2 aliphatic rings. The first-order valence-electron chi connectivity index (χ1n) is 6.88. The summed E-state index contributed by atoms with van der Waals surface area (Å²) in [4.78, 5) is 2.28. The van der Waals surface area contributed by atoms with Crippen molar-refractivity contribution in [2.75, 3.05) is 7.05 Å². The van der Waals surface area contributed by atoms with Gasteiger partial charge < -0.3 is 14.7 Å². The van der Waals surface area contributed by atoms with Gasteiger partial charge in [0.05, 0.1) is 10.4 Å². The lowest BCUT2D eigenvalue weighted by molar-refractivity contribution is 0.320. The Hall–Kier alpha value is -1.11. The lowest BCUT2D eigenvalue weighted by Crippen LogP contribution is -2.39. The van der Waals surface area contributed by atoms with E-state index in [1.165, 1.54) is 17.8 Å². The summed E-state index contributed by atoms with van der Waals surface area (Å²) >= 11 is 12.9. The Morgan fingerprint density at radius 2 is 2.38 bits per heavy atom. The molecule has 1 aliphatic heterocycles. The second kappa shape index (κ2) is 4.97. The number of hydrogen-bond donors (Lipinski definition) is 1. The number of aromatic nitrogens is 1. The van der Waals surface area contributed by atoms with E-state index in [1.54, 1.807) is 0 Å². The molecule has 7 heteroatoms. The van der Waals surface area contributed by atoms with Gasteiger partial charge in [0.25, 0.3) is 0 Å². The van der Waals surface area contributed by atoms with E-state index in [2.05, 4.69) is 15.4 Å². The number of likely N-dealkylation sites (tertiary alicyclic amines) is 1. The number of rotatable bonds is 2. The van der Waals surface area contributed by atoms with E-state index < -0.39 is 0 Å². The molecule has 2 aromatic heterocycles. The van der Waals surface area contributed by atoms with Crippen molar-refractivity contribution in [2.45, 2.75) is 24.9 Å². The van der Waals surface area contributed by atoms with Crippen LogP contribution in [0.15, 0.2) is 22.0 Å². The molecule has 1 N–H and O–H groups in total. The first kappa shape index (κ1) is 13.5. The largest absolute Gasteiger partial charge is 0.366 e. The molecule has 4 rings (SSSR count). The fourth-order valence-electron chi connectivity index (χ4n) is 3.16. The fraction of sp³-hybridized carbons (Fsp3) is 0.429. The van der Waals surface area contributed by atoms with E-state index in [-0.39, 0.29) is 6.04 Å². The van der Waals surface area contributed by atoms with Crippen LogP contribution in [0.1, 0.15) is 24.6 Å². The highest BCUT2D eigenvalue weighted by atomic mass is 35.5. The summed E-state index contributed by atoms with van der Waals surface area (Å²) in [5.74, 6) is 1.51. The molecular weight excluding hydrogens is 326 g/mol. The number of nitrogens with zero attached hydrogens (tertiary/aromatic N) is 2. The van der Waals surface area contributed by atoms with Crippen LogP contribution < -0.4 is 5.32 Å². The van der Waals surface area contributed by atoms with Gasteiger partial charge in [-0.05, 0) is 37.0 Å². The third kappa shape index (κ3) is 2.25. The maximum Gasteiger partial charge on any atom is 0.169 e. The average Bonchev–Trinajstić information content (AvgIpc) is 2.91. The van der Waals surface area contributed by atoms with Crippen LogP contribution >= 0.6 is 35.2 Å². The van der Waals surface area contributed by atoms with Crippen molar-refractivity contribution < 1.29 is 4.52 Å². The van der Waals surface area contributed by atoms with Crippen LogP contribution in [-0.4, -0.2) is 28.3 Å². The minimum absolute atomic E-state index is 0.223. The van der Waals surface area contributed by atoms with Crippen LogP contribution in [0.25, 0.3) is 11.3 Å². The van der Waals surface area contributed by atoms with Crippen molar-refractivity contribution in [3.05, 3.63) is 27.5 Å². The van der Waals surface area contributed by atoms with Gasteiger partial charge in [0, 0.05) is 30.1 Å². The van der Waals surface area contributed by atoms with E-state index in [9.17, 15) is 0 Å². The Balaban J connectivity index is 1.62. The Morgan fingerprint density at radius 3 is 3.10 bits per heavy atom.